The van der Waals surface area contributed by atoms with Crippen LogP contribution >= 0.6 is 0 Å². The third-order valence-corrected chi connectivity index (χ3v) is 2.60. The van der Waals surface area contributed by atoms with E-state index < -0.39 is 0 Å². The SMILES string of the molecule is Nc1nonc1N=Cc1ccc2ccccc2c1. The molecule has 3 rings (SSSR count). The van der Waals surface area contributed by atoms with Crippen molar-refractivity contribution in [3.05, 3.63) is 48.0 Å². The van der Waals surface area contributed by atoms with Gasteiger partial charge in [-0.3, -0.25) is 0 Å². The molecule has 0 unspecified atom stereocenters. The van der Waals surface area contributed by atoms with Gasteiger partial charge in [0.05, 0.1) is 0 Å². The van der Waals surface area contributed by atoms with E-state index in [-0.39, 0.29) is 5.82 Å². The minimum absolute atomic E-state index is 0.187. The normalized spacial score (nSPS) is 11.3. The molecule has 0 amide bonds. The second-order valence-corrected chi connectivity index (χ2v) is 3.84. The number of nitrogens with two attached hydrogens (primary N) is 1. The van der Waals surface area contributed by atoms with Gasteiger partial charge in [0.25, 0.3) is 0 Å². The molecule has 5 nitrogen and oxygen atoms in total. The molecule has 2 aromatic carbocycles. The molecule has 5 heteroatoms. The molecule has 0 bridgehead atoms. The zero-order chi connectivity index (χ0) is 12.4. The lowest BCUT2D eigenvalue weighted by molar-refractivity contribution is 0.310. The second kappa shape index (κ2) is 4.29. The number of anilines is 1. The second-order valence-electron chi connectivity index (χ2n) is 3.84. The Balaban J connectivity index is 1.95. The summed E-state index contributed by atoms with van der Waals surface area (Å²) in [5.74, 6) is 0.482. The van der Waals surface area contributed by atoms with Crippen LogP contribution in [0.2, 0.25) is 0 Å². The average molecular weight is 238 g/mol. The van der Waals surface area contributed by atoms with E-state index in [4.69, 9.17) is 5.73 Å². The van der Waals surface area contributed by atoms with Crippen molar-refractivity contribution in [3.8, 4) is 0 Å². The van der Waals surface area contributed by atoms with Gasteiger partial charge < -0.3 is 5.73 Å². The highest BCUT2D eigenvalue weighted by Gasteiger charge is 2.02. The zero-order valence-corrected chi connectivity index (χ0v) is 9.45. The molecule has 1 aromatic heterocycles. The Morgan fingerprint density at radius 3 is 2.67 bits per heavy atom. The van der Waals surface area contributed by atoms with Crippen LogP contribution in [0, 0.1) is 0 Å². The fraction of sp³-hybridized carbons (Fsp3) is 0. The Morgan fingerprint density at radius 1 is 1.06 bits per heavy atom. The summed E-state index contributed by atoms with van der Waals surface area (Å²) in [5.41, 5.74) is 6.48. The zero-order valence-electron chi connectivity index (χ0n) is 9.45. The minimum Gasteiger partial charge on any atom is -0.378 e. The number of hydrogen-bond donors (Lipinski definition) is 1. The van der Waals surface area contributed by atoms with Crippen LogP contribution in [0.25, 0.3) is 10.8 Å². The molecule has 1 heterocycles. The number of rotatable bonds is 2. The molecular weight excluding hydrogens is 228 g/mol. The first kappa shape index (κ1) is 10.5. The van der Waals surface area contributed by atoms with E-state index in [2.05, 4.69) is 32.1 Å². The molecule has 0 aliphatic rings. The number of nitrogens with zero attached hydrogens (tertiary/aromatic N) is 3. The molecule has 0 radical (unpaired) electrons. The van der Waals surface area contributed by atoms with E-state index in [0.29, 0.717) is 5.82 Å². The van der Waals surface area contributed by atoms with E-state index in [9.17, 15) is 0 Å². The van der Waals surface area contributed by atoms with Crippen molar-refractivity contribution < 1.29 is 4.63 Å². The highest BCUT2D eigenvalue weighted by Crippen LogP contribution is 2.17. The van der Waals surface area contributed by atoms with Gasteiger partial charge in [0, 0.05) is 6.21 Å². The number of aromatic nitrogens is 2. The quantitative estimate of drug-likeness (QED) is 0.696. The van der Waals surface area contributed by atoms with Gasteiger partial charge >= 0.3 is 0 Å². The van der Waals surface area contributed by atoms with Crippen molar-refractivity contribution in [3.63, 3.8) is 0 Å². The van der Waals surface area contributed by atoms with Crippen LogP contribution in [-0.2, 0) is 0 Å². The molecule has 0 aliphatic heterocycles. The summed E-state index contributed by atoms with van der Waals surface area (Å²) < 4.78 is 4.47. The maximum absolute atomic E-state index is 5.51. The first-order valence-electron chi connectivity index (χ1n) is 5.44. The van der Waals surface area contributed by atoms with E-state index in [0.717, 1.165) is 10.9 Å². The monoisotopic (exact) mass is 238 g/mol. The van der Waals surface area contributed by atoms with Crippen LogP contribution < -0.4 is 5.73 Å². The van der Waals surface area contributed by atoms with Crippen LogP contribution in [0.15, 0.2) is 52.1 Å². The lowest BCUT2D eigenvalue weighted by Crippen LogP contribution is -1.85. The molecule has 2 N–H and O–H groups in total. The lowest BCUT2D eigenvalue weighted by atomic mass is 10.1. The molecule has 0 spiro atoms. The highest BCUT2D eigenvalue weighted by molar-refractivity contribution is 5.91. The topological polar surface area (TPSA) is 77.3 Å². The predicted molar refractivity (Wildman–Crippen MR) is 69.9 cm³/mol. The van der Waals surface area contributed by atoms with Crippen molar-refractivity contribution in [1.82, 2.24) is 10.3 Å². The van der Waals surface area contributed by atoms with Gasteiger partial charge in [-0.15, -0.1) is 0 Å². The number of aliphatic imine (C=N–C) groups is 1. The molecule has 0 fully saturated rings. The predicted octanol–water partition coefficient (Wildman–Crippen LogP) is 2.56. The van der Waals surface area contributed by atoms with Crippen LogP contribution in [-0.4, -0.2) is 16.5 Å². The Morgan fingerprint density at radius 2 is 1.89 bits per heavy atom. The molecule has 18 heavy (non-hydrogen) atoms. The smallest absolute Gasteiger partial charge is 0.240 e. The van der Waals surface area contributed by atoms with Gasteiger partial charge in [0.2, 0.25) is 11.6 Å². The third-order valence-electron chi connectivity index (χ3n) is 2.60. The summed E-state index contributed by atoms with van der Waals surface area (Å²) in [7, 11) is 0. The maximum Gasteiger partial charge on any atom is 0.240 e. The van der Waals surface area contributed by atoms with Gasteiger partial charge in [0.15, 0.2) is 0 Å². The largest absolute Gasteiger partial charge is 0.378 e. The van der Waals surface area contributed by atoms with E-state index in [1.54, 1.807) is 6.21 Å². The molecule has 0 saturated carbocycles. The van der Waals surface area contributed by atoms with E-state index in [1.807, 2.05) is 30.3 Å². The van der Waals surface area contributed by atoms with Crippen LogP contribution in [0.1, 0.15) is 5.56 Å². The van der Waals surface area contributed by atoms with Crippen molar-refractivity contribution >= 4 is 28.6 Å². The third kappa shape index (κ3) is 1.93. The Kier molecular flexibility index (Phi) is 2.49. The molecule has 0 atom stereocenters. The van der Waals surface area contributed by atoms with Crippen molar-refractivity contribution in [1.29, 1.82) is 0 Å². The van der Waals surface area contributed by atoms with Gasteiger partial charge in [-0.2, -0.15) is 0 Å². The van der Waals surface area contributed by atoms with E-state index in [1.165, 1.54) is 5.39 Å². The molecule has 0 saturated heterocycles. The van der Waals surface area contributed by atoms with Crippen LogP contribution in [0.3, 0.4) is 0 Å². The average Bonchev–Trinajstić information content (AvgIpc) is 2.82. The van der Waals surface area contributed by atoms with Gasteiger partial charge in [-0.1, -0.05) is 36.4 Å². The van der Waals surface area contributed by atoms with Crippen LogP contribution in [0.5, 0.6) is 0 Å². The summed E-state index contributed by atoms with van der Waals surface area (Å²) in [6.07, 6.45) is 1.68. The number of benzene rings is 2. The summed E-state index contributed by atoms with van der Waals surface area (Å²) in [5, 5.41) is 9.39. The molecule has 3 aromatic rings. The van der Waals surface area contributed by atoms with E-state index >= 15 is 0 Å². The number of fused-ring (bicyclic) bond motifs is 1. The molecule has 88 valence electrons. The lowest BCUT2D eigenvalue weighted by Gasteiger charge is -1.98. The van der Waals surface area contributed by atoms with Crippen molar-refractivity contribution in [2.24, 2.45) is 4.99 Å². The standard InChI is InChI=1S/C13H10N4O/c14-12-13(17-18-16-12)15-8-9-5-6-10-3-1-2-4-11(10)7-9/h1-8H,(H2,14,16). The molecule has 0 aliphatic carbocycles. The van der Waals surface area contributed by atoms with Crippen molar-refractivity contribution in [2.45, 2.75) is 0 Å². The summed E-state index contributed by atoms with van der Waals surface area (Å²) >= 11 is 0. The summed E-state index contributed by atoms with van der Waals surface area (Å²) in [6, 6.07) is 14.2. The fourth-order valence-electron chi connectivity index (χ4n) is 1.70. The highest BCUT2D eigenvalue weighted by atomic mass is 16.6. The fourth-order valence-corrected chi connectivity index (χ4v) is 1.70. The number of hydrogen-bond acceptors (Lipinski definition) is 5. The Bertz CT molecular complexity index is 718. The van der Waals surface area contributed by atoms with Crippen molar-refractivity contribution in [2.75, 3.05) is 5.73 Å². The number of nitrogen functional groups attached to an aromatic ring is 1. The maximum atomic E-state index is 5.51. The van der Waals surface area contributed by atoms with Gasteiger partial charge in [-0.05, 0) is 32.7 Å². The first-order chi connectivity index (χ1) is 8.83. The minimum atomic E-state index is 0.187. The van der Waals surface area contributed by atoms with Crippen LogP contribution in [0.4, 0.5) is 11.6 Å². The Hall–Kier alpha value is -2.69. The molecular formula is C13H10N4O. The van der Waals surface area contributed by atoms with Gasteiger partial charge in [0.1, 0.15) is 0 Å². The first-order valence-corrected chi connectivity index (χ1v) is 5.44. The summed E-state index contributed by atoms with van der Waals surface area (Å²) in [4.78, 5) is 4.13. The Labute approximate surface area is 103 Å². The van der Waals surface area contributed by atoms with Gasteiger partial charge in [-0.25, -0.2) is 9.62 Å². The summed E-state index contributed by atoms with van der Waals surface area (Å²) in [6.45, 7) is 0.